The second kappa shape index (κ2) is 4.53. The van der Waals surface area contributed by atoms with Crippen molar-refractivity contribution >= 4 is 8.32 Å². The zero-order chi connectivity index (χ0) is 14.6. The van der Waals surface area contributed by atoms with Crippen LogP contribution in [0.1, 0.15) is 34.1 Å². The van der Waals surface area contributed by atoms with Gasteiger partial charge < -0.3 is 19.4 Å². The van der Waals surface area contributed by atoms with Crippen LogP contribution in [0.4, 0.5) is 0 Å². The highest BCUT2D eigenvalue weighted by Gasteiger charge is 2.64. The number of aliphatic hydroxyl groups excluding tert-OH is 2. The third-order valence-corrected chi connectivity index (χ3v) is 9.92. The van der Waals surface area contributed by atoms with Crippen molar-refractivity contribution in [3.63, 3.8) is 0 Å². The molecule has 0 amide bonds. The smallest absolute Gasteiger partial charge is 0.192 e. The Balaban J connectivity index is 2.20. The molecule has 2 fully saturated rings. The minimum absolute atomic E-state index is 0.0110. The van der Waals surface area contributed by atoms with Crippen molar-refractivity contribution in [1.82, 2.24) is 0 Å². The van der Waals surface area contributed by atoms with Gasteiger partial charge >= 0.3 is 0 Å². The van der Waals surface area contributed by atoms with Crippen LogP contribution in [0, 0.1) is 5.92 Å². The average molecular weight is 288 g/mol. The molecule has 0 aromatic carbocycles. The van der Waals surface area contributed by atoms with Gasteiger partial charge in [0.25, 0.3) is 0 Å². The van der Waals surface area contributed by atoms with Crippen LogP contribution in [0.15, 0.2) is 0 Å². The van der Waals surface area contributed by atoms with Crippen molar-refractivity contribution in [3.05, 3.63) is 0 Å². The number of fused-ring (bicyclic) bond motifs is 2. The van der Waals surface area contributed by atoms with Gasteiger partial charge in [-0.1, -0.05) is 27.7 Å². The summed E-state index contributed by atoms with van der Waals surface area (Å²) in [5.74, 6) is 0.0754. The summed E-state index contributed by atoms with van der Waals surface area (Å²) in [5, 5.41) is 20.2. The van der Waals surface area contributed by atoms with Crippen LogP contribution < -0.4 is 0 Å². The maximum Gasteiger partial charge on any atom is 0.192 e. The van der Waals surface area contributed by atoms with Gasteiger partial charge in [-0.2, -0.15) is 0 Å². The van der Waals surface area contributed by atoms with E-state index >= 15 is 0 Å². The predicted octanol–water partition coefficient (Wildman–Crippen LogP) is 1.91. The van der Waals surface area contributed by atoms with E-state index in [1.807, 2.05) is 6.92 Å². The first-order valence-electron chi connectivity index (χ1n) is 7.20. The molecule has 0 aromatic heterocycles. The first-order chi connectivity index (χ1) is 8.55. The highest BCUT2D eigenvalue weighted by Crippen LogP contribution is 2.50. The van der Waals surface area contributed by atoms with E-state index in [1.165, 1.54) is 0 Å². The summed E-state index contributed by atoms with van der Waals surface area (Å²) in [6.45, 7) is 12.8. The van der Waals surface area contributed by atoms with Crippen molar-refractivity contribution in [1.29, 1.82) is 0 Å². The quantitative estimate of drug-likeness (QED) is 0.779. The molecule has 112 valence electrons. The van der Waals surface area contributed by atoms with Crippen LogP contribution in [0.5, 0.6) is 0 Å². The molecule has 2 aliphatic heterocycles. The Morgan fingerprint density at radius 3 is 2.37 bits per heavy atom. The molecule has 2 saturated heterocycles. The monoisotopic (exact) mass is 288 g/mol. The maximum absolute atomic E-state index is 10.4. The Morgan fingerprint density at radius 1 is 1.37 bits per heavy atom. The van der Waals surface area contributed by atoms with E-state index in [0.29, 0.717) is 0 Å². The van der Waals surface area contributed by atoms with Crippen molar-refractivity contribution in [2.45, 2.75) is 76.2 Å². The van der Waals surface area contributed by atoms with Crippen LogP contribution >= 0.6 is 0 Å². The summed E-state index contributed by atoms with van der Waals surface area (Å²) in [4.78, 5) is 0. The molecule has 5 atom stereocenters. The standard InChI is InChI=1S/C14H28O4Si/c1-9-10-7-11(14(8-15,17-10)12(9)16)18-19(5,6)13(2,3)4/h9-12,15-16H,7-8H2,1-6H3/t9-,10-,11+,12-,14-/m1/s1. The summed E-state index contributed by atoms with van der Waals surface area (Å²) in [5.41, 5.74) is -0.903. The molecule has 0 unspecified atom stereocenters. The Labute approximate surface area is 117 Å². The number of rotatable bonds is 3. The summed E-state index contributed by atoms with van der Waals surface area (Å²) >= 11 is 0. The van der Waals surface area contributed by atoms with Crippen LogP contribution in [-0.2, 0) is 9.16 Å². The molecule has 0 aliphatic carbocycles. The topological polar surface area (TPSA) is 58.9 Å². The van der Waals surface area contributed by atoms with Crippen LogP contribution in [-0.4, -0.2) is 49.1 Å². The lowest BCUT2D eigenvalue weighted by Crippen LogP contribution is -2.58. The van der Waals surface area contributed by atoms with Gasteiger partial charge in [0.2, 0.25) is 0 Å². The molecule has 0 aromatic rings. The van der Waals surface area contributed by atoms with Gasteiger partial charge in [0, 0.05) is 12.3 Å². The highest BCUT2D eigenvalue weighted by molar-refractivity contribution is 6.74. The third kappa shape index (κ3) is 2.19. The second-order valence-electron chi connectivity index (χ2n) is 7.68. The van der Waals surface area contributed by atoms with E-state index in [-0.39, 0.29) is 29.8 Å². The molecule has 2 bridgehead atoms. The number of hydrogen-bond donors (Lipinski definition) is 2. The largest absolute Gasteiger partial charge is 0.411 e. The first-order valence-corrected chi connectivity index (χ1v) is 10.1. The van der Waals surface area contributed by atoms with E-state index in [0.717, 1.165) is 6.42 Å². The van der Waals surface area contributed by atoms with Gasteiger partial charge in [0.1, 0.15) is 5.60 Å². The third-order valence-electron chi connectivity index (χ3n) is 5.44. The lowest BCUT2D eigenvalue weighted by Gasteiger charge is -2.44. The molecular formula is C14H28O4Si. The van der Waals surface area contributed by atoms with Crippen LogP contribution in [0.2, 0.25) is 18.1 Å². The molecule has 0 spiro atoms. The Bertz CT molecular complexity index is 352. The molecule has 2 heterocycles. The van der Waals surface area contributed by atoms with E-state index in [1.54, 1.807) is 0 Å². The van der Waals surface area contributed by atoms with Gasteiger partial charge in [0.05, 0.1) is 24.9 Å². The first kappa shape index (κ1) is 15.4. The van der Waals surface area contributed by atoms with E-state index < -0.39 is 20.0 Å². The zero-order valence-electron chi connectivity index (χ0n) is 12.9. The summed E-state index contributed by atoms with van der Waals surface area (Å²) in [6.07, 6.45) is -0.0248. The average Bonchev–Trinajstić information content (AvgIpc) is 2.74. The van der Waals surface area contributed by atoms with Gasteiger partial charge in [-0.05, 0) is 18.1 Å². The lowest BCUT2D eigenvalue weighted by atomic mass is 9.78. The molecule has 2 N–H and O–H groups in total. The lowest BCUT2D eigenvalue weighted by molar-refractivity contribution is -0.124. The highest BCUT2D eigenvalue weighted by atomic mass is 28.4. The van der Waals surface area contributed by atoms with Crippen molar-refractivity contribution in [3.8, 4) is 0 Å². The van der Waals surface area contributed by atoms with Crippen molar-refractivity contribution in [2.75, 3.05) is 6.61 Å². The Kier molecular flexibility index (Phi) is 3.68. The van der Waals surface area contributed by atoms with Crippen LogP contribution in [0.25, 0.3) is 0 Å². The fraction of sp³-hybridized carbons (Fsp3) is 1.00. The van der Waals surface area contributed by atoms with E-state index in [9.17, 15) is 10.2 Å². The van der Waals surface area contributed by atoms with Gasteiger partial charge in [-0.25, -0.2) is 0 Å². The summed E-state index contributed by atoms with van der Waals surface area (Å²) in [7, 11) is -1.92. The number of hydrogen-bond acceptors (Lipinski definition) is 4. The van der Waals surface area contributed by atoms with Crippen molar-refractivity contribution < 1.29 is 19.4 Å². The Hall–Kier alpha value is 0.0569. The maximum atomic E-state index is 10.4. The minimum atomic E-state index is -1.92. The molecule has 2 aliphatic rings. The van der Waals surface area contributed by atoms with E-state index in [4.69, 9.17) is 9.16 Å². The fourth-order valence-electron chi connectivity index (χ4n) is 2.96. The molecule has 4 nitrogen and oxygen atoms in total. The number of aliphatic hydroxyl groups is 2. The normalized spacial score (nSPS) is 42.9. The molecule has 5 heteroatoms. The molecule has 0 radical (unpaired) electrons. The van der Waals surface area contributed by atoms with Crippen LogP contribution in [0.3, 0.4) is 0 Å². The number of ether oxygens (including phenoxy) is 1. The summed E-state index contributed by atoms with van der Waals surface area (Å²) < 4.78 is 12.3. The molecule has 19 heavy (non-hydrogen) atoms. The minimum Gasteiger partial charge on any atom is -0.411 e. The zero-order valence-corrected chi connectivity index (χ0v) is 13.9. The summed E-state index contributed by atoms with van der Waals surface area (Å²) in [6, 6.07) is 0. The molecule has 2 rings (SSSR count). The second-order valence-corrected chi connectivity index (χ2v) is 12.4. The molecular weight excluding hydrogens is 260 g/mol. The SMILES string of the molecule is C[C@H]1[C@@H](O)[C@]2(CO)O[C@@H]1C[C@@H]2O[Si](C)(C)C(C)(C)C. The molecule has 0 saturated carbocycles. The Morgan fingerprint density at radius 2 is 1.95 bits per heavy atom. The van der Waals surface area contributed by atoms with E-state index in [2.05, 4.69) is 33.9 Å². The van der Waals surface area contributed by atoms with Gasteiger partial charge in [-0.15, -0.1) is 0 Å². The fourth-order valence-corrected chi connectivity index (χ4v) is 4.32. The van der Waals surface area contributed by atoms with Gasteiger partial charge in [-0.3, -0.25) is 0 Å². The van der Waals surface area contributed by atoms with Gasteiger partial charge in [0.15, 0.2) is 8.32 Å². The predicted molar refractivity (Wildman–Crippen MR) is 76.5 cm³/mol. The van der Waals surface area contributed by atoms with Crippen molar-refractivity contribution in [2.24, 2.45) is 5.92 Å².